The van der Waals surface area contributed by atoms with E-state index in [4.69, 9.17) is 5.26 Å². The fraction of sp³-hybridized carbons (Fsp3) is 0.429. The zero-order valence-electron chi connectivity index (χ0n) is 10.5. The van der Waals surface area contributed by atoms with E-state index in [1.54, 1.807) is 12.1 Å². The maximum atomic E-state index is 12.0. The minimum absolute atomic E-state index is 0.0200. The molecule has 0 aromatic heterocycles. The van der Waals surface area contributed by atoms with Crippen molar-refractivity contribution in [2.45, 2.75) is 25.9 Å². The van der Waals surface area contributed by atoms with Gasteiger partial charge in [-0.25, -0.2) is 0 Å². The Labute approximate surface area is 107 Å². The fourth-order valence-electron chi connectivity index (χ4n) is 2.24. The van der Waals surface area contributed by atoms with Gasteiger partial charge in [0.25, 0.3) is 0 Å². The van der Waals surface area contributed by atoms with Gasteiger partial charge in [0.15, 0.2) is 0 Å². The van der Waals surface area contributed by atoms with E-state index in [0.29, 0.717) is 12.1 Å². The highest BCUT2D eigenvalue weighted by molar-refractivity contribution is 5.83. The molecular weight excluding hydrogens is 226 g/mol. The first-order valence-electron chi connectivity index (χ1n) is 6.25. The molecule has 0 aliphatic carbocycles. The van der Waals surface area contributed by atoms with E-state index in [0.717, 1.165) is 25.1 Å². The molecule has 4 heteroatoms. The lowest BCUT2D eigenvalue weighted by Gasteiger charge is -2.17. The van der Waals surface area contributed by atoms with Crippen LogP contribution in [0, 0.1) is 11.3 Å². The Morgan fingerprint density at radius 2 is 2.17 bits per heavy atom. The summed E-state index contributed by atoms with van der Waals surface area (Å²) in [5.41, 5.74) is 1.72. The highest BCUT2D eigenvalue weighted by Crippen LogP contribution is 2.15. The monoisotopic (exact) mass is 243 g/mol. The summed E-state index contributed by atoms with van der Waals surface area (Å²) in [6.45, 7) is 4.26. The van der Waals surface area contributed by atoms with Crippen LogP contribution in [0.15, 0.2) is 24.3 Å². The molecule has 2 rings (SSSR count). The van der Waals surface area contributed by atoms with Crippen LogP contribution in [0.3, 0.4) is 0 Å². The number of benzene rings is 1. The summed E-state index contributed by atoms with van der Waals surface area (Å²) in [5, 5.41) is 11.9. The molecule has 1 amide bonds. The summed E-state index contributed by atoms with van der Waals surface area (Å²) in [4.78, 5) is 13.9. The molecule has 1 aliphatic rings. The highest BCUT2D eigenvalue weighted by atomic mass is 16.2. The normalized spacial score (nSPS) is 19.0. The van der Waals surface area contributed by atoms with Crippen LogP contribution in [-0.4, -0.2) is 29.9 Å². The van der Waals surface area contributed by atoms with E-state index >= 15 is 0 Å². The average molecular weight is 243 g/mol. The second-order valence-electron chi connectivity index (χ2n) is 4.47. The third-order valence-electron chi connectivity index (χ3n) is 3.20. The molecule has 1 saturated heterocycles. The van der Waals surface area contributed by atoms with Crippen molar-refractivity contribution in [1.82, 2.24) is 10.2 Å². The van der Waals surface area contributed by atoms with Crippen LogP contribution in [0.25, 0.3) is 0 Å². The lowest BCUT2D eigenvalue weighted by atomic mass is 10.1. The van der Waals surface area contributed by atoms with Crippen molar-refractivity contribution in [3.63, 3.8) is 0 Å². The van der Waals surface area contributed by atoms with Crippen LogP contribution in [0.4, 0.5) is 0 Å². The number of nitrogens with one attached hydrogen (secondary N) is 1. The summed E-state index contributed by atoms with van der Waals surface area (Å²) in [6.07, 6.45) is 0.878. The summed E-state index contributed by atoms with van der Waals surface area (Å²) >= 11 is 0. The van der Waals surface area contributed by atoms with E-state index in [1.165, 1.54) is 0 Å². The average Bonchev–Trinajstić information content (AvgIpc) is 2.73. The molecule has 1 atom stereocenters. The number of nitriles is 1. The third-order valence-corrected chi connectivity index (χ3v) is 3.20. The van der Waals surface area contributed by atoms with Gasteiger partial charge in [-0.3, -0.25) is 4.79 Å². The molecule has 18 heavy (non-hydrogen) atoms. The Hall–Kier alpha value is -1.86. The predicted octanol–water partition coefficient (Wildman–Crippen LogP) is 1.27. The molecule has 0 radical (unpaired) electrons. The van der Waals surface area contributed by atoms with Crippen LogP contribution in [0.2, 0.25) is 0 Å². The van der Waals surface area contributed by atoms with Crippen LogP contribution >= 0.6 is 0 Å². The van der Waals surface area contributed by atoms with Crippen molar-refractivity contribution in [2.75, 3.05) is 13.1 Å². The first-order chi connectivity index (χ1) is 8.74. The number of amides is 1. The molecule has 94 valence electrons. The first-order valence-corrected chi connectivity index (χ1v) is 6.25. The second kappa shape index (κ2) is 5.65. The van der Waals surface area contributed by atoms with Crippen LogP contribution < -0.4 is 5.32 Å². The van der Waals surface area contributed by atoms with Gasteiger partial charge < -0.3 is 10.2 Å². The van der Waals surface area contributed by atoms with E-state index in [2.05, 4.69) is 11.4 Å². The quantitative estimate of drug-likeness (QED) is 0.866. The summed E-state index contributed by atoms with van der Waals surface area (Å²) in [6, 6.07) is 9.47. The number of likely N-dealkylation sites (tertiary alicyclic amines) is 1. The smallest absolute Gasteiger partial charge is 0.240 e. The van der Waals surface area contributed by atoms with Crippen molar-refractivity contribution in [2.24, 2.45) is 0 Å². The molecule has 1 heterocycles. The minimum Gasteiger partial charge on any atom is -0.337 e. The van der Waals surface area contributed by atoms with E-state index < -0.39 is 0 Å². The first kappa shape index (κ1) is 12.6. The molecule has 0 saturated carbocycles. The Bertz CT molecular complexity index is 461. The third kappa shape index (κ3) is 2.69. The molecule has 1 N–H and O–H groups in total. The number of nitrogens with zero attached hydrogens (tertiary/aromatic N) is 2. The van der Waals surface area contributed by atoms with Gasteiger partial charge in [-0.05, 0) is 30.7 Å². The maximum absolute atomic E-state index is 12.0. The van der Waals surface area contributed by atoms with Crippen molar-refractivity contribution in [3.05, 3.63) is 35.4 Å². The Balaban J connectivity index is 1.98. The number of carbonyl (C=O) groups excluding carboxylic acids is 1. The van der Waals surface area contributed by atoms with Gasteiger partial charge in [0, 0.05) is 13.1 Å². The second-order valence-corrected chi connectivity index (χ2v) is 4.47. The van der Waals surface area contributed by atoms with Crippen molar-refractivity contribution < 1.29 is 4.79 Å². The van der Waals surface area contributed by atoms with Gasteiger partial charge in [-0.2, -0.15) is 5.26 Å². The lowest BCUT2D eigenvalue weighted by Crippen LogP contribution is -2.37. The van der Waals surface area contributed by atoms with Crippen molar-refractivity contribution >= 4 is 5.91 Å². The van der Waals surface area contributed by atoms with E-state index in [9.17, 15) is 4.79 Å². The highest BCUT2D eigenvalue weighted by Gasteiger charge is 2.30. The van der Waals surface area contributed by atoms with Gasteiger partial charge in [0.05, 0.1) is 17.7 Å². The Kier molecular flexibility index (Phi) is 3.96. The molecule has 1 aromatic carbocycles. The molecule has 0 spiro atoms. The number of hydrogen-bond donors (Lipinski definition) is 1. The van der Waals surface area contributed by atoms with Crippen molar-refractivity contribution in [1.29, 1.82) is 5.26 Å². The van der Waals surface area contributed by atoms with Gasteiger partial charge >= 0.3 is 0 Å². The molecule has 4 nitrogen and oxygen atoms in total. The molecule has 0 bridgehead atoms. The van der Waals surface area contributed by atoms with Gasteiger partial charge in [0.1, 0.15) is 0 Å². The van der Waals surface area contributed by atoms with Gasteiger partial charge in [-0.15, -0.1) is 0 Å². The largest absolute Gasteiger partial charge is 0.337 e. The molecule has 1 aromatic rings. The molecule has 1 aliphatic heterocycles. The van der Waals surface area contributed by atoms with Crippen molar-refractivity contribution in [3.8, 4) is 6.07 Å². The topological polar surface area (TPSA) is 56.1 Å². The fourth-order valence-corrected chi connectivity index (χ4v) is 2.24. The SMILES string of the molecule is CCNC1CCN(Cc2ccc(C#N)cc2)C1=O. The van der Waals surface area contributed by atoms with Gasteiger partial charge in [-0.1, -0.05) is 19.1 Å². The number of rotatable bonds is 4. The van der Waals surface area contributed by atoms with Crippen LogP contribution in [0.5, 0.6) is 0 Å². The van der Waals surface area contributed by atoms with Crippen LogP contribution in [-0.2, 0) is 11.3 Å². The maximum Gasteiger partial charge on any atom is 0.240 e. The minimum atomic E-state index is -0.0200. The number of carbonyl (C=O) groups is 1. The summed E-state index contributed by atoms with van der Waals surface area (Å²) in [7, 11) is 0. The molecule has 1 unspecified atom stereocenters. The molecule has 1 fully saturated rings. The zero-order valence-corrected chi connectivity index (χ0v) is 10.5. The number of hydrogen-bond acceptors (Lipinski definition) is 3. The number of likely N-dealkylation sites (N-methyl/N-ethyl adjacent to an activating group) is 1. The molecular formula is C14H17N3O. The zero-order chi connectivity index (χ0) is 13.0. The van der Waals surface area contributed by atoms with Gasteiger partial charge in [0.2, 0.25) is 5.91 Å². The predicted molar refractivity (Wildman–Crippen MR) is 68.7 cm³/mol. The van der Waals surface area contributed by atoms with E-state index in [-0.39, 0.29) is 11.9 Å². The van der Waals surface area contributed by atoms with E-state index in [1.807, 2.05) is 24.0 Å². The summed E-state index contributed by atoms with van der Waals surface area (Å²) in [5.74, 6) is 0.182. The Morgan fingerprint density at radius 3 is 2.78 bits per heavy atom. The Morgan fingerprint density at radius 1 is 1.44 bits per heavy atom. The standard InChI is InChI=1S/C14H17N3O/c1-2-16-13-7-8-17(14(13)18)10-12-5-3-11(9-15)4-6-12/h3-6,13,16H,2,7-8,10H2,1H3. The summed E-state index contributed by atoms with van der Waals surface area (Å²) < 4.78 is 0. The lowest BCUT2D eigenvalue weighted by molar-refractivity contribution is -0.129. The van der Waals surface area contributed by atoms with Crippen LogP contribution in [0.1, 0.15) is 24.5 Å².